The molecule has 29 heavy (non-hydrogen) atoms. The summed E-state index contributed by atoms with van der Waals surface area (Å²) in [6.07, 6.45) is 2.81. The first-order valence-electron chi connectivity index (χ1n) is 8.54. The Kier molecular flexibility index (Phi) is 4.77. The molecule has 0 radical (unpaired) electrons. The molecule has 7 nitrogen and oxygen atoms in total. The van der Waals surface area contributed by atoms with Crippen LogP contribution < -0.4 is 10.6 Å². The summed E-state index contributed by atoms with van der Waals surface area (Å²) in [5, 5.41) is 19.5. The van der Waals surface area contributed by atoms with Crippen LogP contribution in [0.1, 0.15) is 22.0 Å². The van der Waals surface area contributed by atoms with Crippen molar-refractivity contribution < 1.29 is 19.1 Å². The first-order valence-corrected chi connectivity index (χ1v) is 8.92. The third-order valence-electron chi connectivity index (χ3n) is 4.38. The van der Waals surface area contributed by atoms with Crippen molar-refractivity contribution in [3.63, 3.8) is 0 Å². The molecule has 1 aromatic heterocycles. The number of anilines is 2. The number of rotatable bonds is 4. The van der Waals surface area contributed by atoms with Gasteiger partial charge in [-0.1, -0.05) is 29.8 Å². The molecule has 3 aromatic rings. The molecule has 0 spiro atoms. The van der Waals surface area contributed by atoms with E-state index in [1.165, 1.54) is 35.2 Å². The summed E-state index contributed by atoms with van der Waals surface area (Å²) >= 11 is 6.07. The van der Waals surface area contributed by atoms with Gasteiger partial charge >= 0.3 is 5.97 Å². The Balaban J connectivity index is 1.73. The van der Waals surface area contributed by atoms with Crippen LogP contribution in [0.3, 0.4) is 0 Å². The minimum Gasteiger partial charge on any atom is -0.477 e. The van der Waals surface area contributed by atoms with E-state index in [2.05, 4.69) is 15.7 Å². The molecular formula is C20H14ClFN4O3. The summed E-state index contributed by atoms with van der Waals surface area (Å²) in [5.74, 6) is -2.01. The highest BCUT2D eigenvalue weighted by atomic mass is 35.5. The number of hydrogen-bond acceptors (Lipinski definition) is 4. The monoisotopic (exact) mass is 412 g/mol. The zero-order valence-corrected chi connectivity index (χ0v) is 15.5. The molecule has 3 N–H and O–H groups in total. The Morgan fingerprint density at radius 2 is 2.00 bits per heavy atom. The molecule has 0 saturated carbocycles. The van der Waals surface area contributed by atoms with Crippen molar-refractivity contribution in [2.75, 3.05) is 10.6 Å². The molecule has 1 aliphatic heterocycles. The number of nitrogens with zero attached hydrogens (tertiary/aromatic N) is 2. The van der Waals surface area contributed by atoms with Gasteiger partial charge in [-0.25, -0.2) is 13.9 Å². The lowest BCUT2D eigenvalue weighted by molar-refractivity contribution is -0.132. The molecule has 9 heteroatoms. The van der Waals surface area contributed by atoms with Gasteiger partial charge < -0.3 is 15.7 Å². The number of allylic oxidation sites excluding steroid dienone is 1. The highest BCUT2D eigenvalue weighted by Crippen LogP contribution is 2.33. The summed E-state index contributed by atoms with van der Waals surface area (Å²) in [6.45, 7) is 0. The standard InChI is InChI=1S/C20H14ClFN4O3/c21-12-4-1-3-11(7-12)17-9-16(20(28)29)25-18-15(10-23-26(17)18)19(27)24-14-6-2-5-13(22)8-14/h1-10,17,25H,(H,24,27)(H,28,29). The normalized spacial score (nSPS) is 15.1. The highest BCUT2D eigenvalue weighted by Gasteiger charge is 2.29. The number of carbonyl (C=O) groups is 2. The second-order valence-electron chi connectivity index (χ2n) is 6.33. The maximum Gasteiger partial charge on any atom is 0.352 e. The van der Waals surface area contributed by atoms with E-state index in [4.69, 9.17) is 11.6 Å². The number of aromatic nitrogens is 2. The molecule has 1 atom stereocenters. The fraction of sp³-hybridized carbons (Fsp3) is 0.0500. The molecule has 2 aromatic carbocycles. The minimum absolute atomic E-state index is 0.0946. The van der Waals surface area contributed by atoms with Crippen molar-refractivity contribution in [2.45, 2.75) is 6.04 Å². The fourth-order valence-electron chi connectivity index (χ4n) is 3.08. The number of carboxylic acid groups (broad SMARTS) is 1. The van der Waals surface area contributed by atoms with Crippen molar-refractivity contribution in [2.24, 2.45) is 0 Å². The smallest absolute Gasteiger partial charge is 0.352 e. The molecule has 2 heterocycles. The maximum atomic E-state index is 13.4. The zero-order valence-electron chi connectivity index (χ0n) is 14.8. The van der Waals surface area contributed by atoms with E-state index in [9.17, 15) is 19.1 Å². The van der Waals surface area contributed by atoms with Gasteiger partial charge in [0, 0.05) is 10.7 Å². The van der Waals surface area contributed by atoms with Crippen molar-refractivity contribution in [3.05, 3.63) is 88.5 Å². The van der Waals surface area contributed by atoms with Crippen LogP contribution in [0, 0.1) is 5.82 Å². The minimum atomic E-state index is -1.18. The molecule has 0 bridgehead atoms. The average molecular weight is 413 g/mol. The predicted molar refractivity (Wildman–Crippen MR) is 106 cm³/mol. The van der Waals surface area contributed by atoms with Gasteiger partial charge in [-0.05, 0) is 42.0 Å². The van der Waals surface area contributed by atoms with Crippen LogP contribution in [0.5, 0.6) is 0 Å². The van der Waals surface area contributed by atoms with Crippen LogP contribution in [-0.2, 0) is 4.79 Å². The highest BCUT2D eigenvalue weighted by molar-refractivity contribution is 6.30. The molecule has 0 aliphatic carbocycles. The van der Waals surface area contributed by atoms with E-state index in [0.29, 0.717) is 10.6 Å². The van der Waals surface area contributed by atoms with Crippen molar-refractivity contribution in [1.82, 2.24) is 9.78 Å². The number of benzene rings is 2. The van der Waals surface area contributed by atoms with E-state index in [0.717, 1.165) is 0 Å². The summed E-state index contributed by atoms with van der Waals surface area (Å²) in [7, 11) is 0. The number of carbonyl (C=O) groups excluding carboxylic acids is 1. The summed E-state index contributed by atoms with van der Waals surface area (Å²) in [6, 6.07) is 11.8. The molecule has 146 valence electrons. The second-order valence-corrected chi connectivity index (χ2v) is 6.76. The summed E-state index contributed by atoms with van der Waals surface area (Å²) < 4.78 is 14.9. The Bertz CT molecular complexity index is 1160. The van der Waals surface area contributed by atoms with Gasteiger partial charge in [-0.15, -0.1) is 0 Å². The molecule has 1 aliphatic rings. The number of hydrogen-bond donors (Lipinski definition) is 3. The number of aliphatic carboxylic acids is 1. The first kappa shape index (κ1) is 18.7. The lowest BCUT2D eigenvalue weighted by Gasteiger charge is -2.24. The lowest BCUT2D eigenvalue weighted by atomic mass is 10.0. The second kappa shape index (κ2) is 7.40. The van der Waals surface area contributed by atoms with Crippen LogP contribution in [0.15, 0.2) is 66.5 Å². The third kappa shape index (κ3) is 3.70. The van der Waals surface area contributed by atoms with E-state index >= 15 is 0 Å². The van der Waals surface area contributed by atoms with Crippen LogP contribution in [0.4, 0.5) is 15.9 Å². The number of nitrogens with one attached hydrogen (secondary N) is 2. The number of carboxylic acids is 1. The van der Waals surface area contributed by atoms with E-state index in [1.54, 1.807) is 30.3 Å². The Labute approximate surface area is 169 Å². The molecular weight excluding hydrogens is 399 g/mol. The molecule has 1 amide bonds. The van der Waals surface area contributed by atoms with Crippen molar-refractivity contribution >= 4 is 35.0 Å². The lowest BCUT2D eigenvalue weighted by Crippen LogP contribution is -2.25. The predicted octanol–water partition coefficient (Wildman–Crippen LogP) is 3.91. The number of halogens is 2. The zero-order chi connectivity index (χ0) is 20.5. The molecule has 0 saturated heterocycles. The topological polar surface area (TPSA) is 96.2 Å². The van der Waals surface area contributed by atoms with Crippen LogP contribution >= 0.6 is 11.6 Å². The summed E-state index contributed by atoms with van der Waals surface area (Å²) in [5.41, 5.74) is 1.00. The number of amides is 1. The Morgan fingerprint density at radius 3 is 2.72 bits per heavy atom. The van der Waals surface area contributed by atoms with Crippen molar-refractivity contribution in [1.29, 1.82) is 0 Å². The van der Waals surface area contributed by atoms with E-state index < -0.39 is 23.7 Å². The van der Waals surface area contributed by atoms with Gasteiger partial charge in [0.1, 0.15) is 22.9 Å². The van der Waals surface area contributed by atoms with Gasteiger partial charge in [-0.2, -0.15) is 5.10 Å². The Hall–Kier alpha value is -3.65. The van der Waals surface area contributed by atoms with Gasteiger partial charge in [0.15, 0.2) is 0 Å². The van der Waals surface area contributed by atoms with Gasteiger partial charge in [-0.3, -0.25) is 4.79 Å². The quantitative estimate of drug-likeness (QED) is 0.603. The van der Waals surface area contributed by atoms with Crippen LogP contribution in [0.2, 0.25) is 5.02 Å². The maximum absolute atomic E-state index is 13.4. The average Bonchev–Trinajstić information content (AvgIpc) is 3.11. The molecule has 4 rings (SSSR count). The van der Waals surface area contributed by atoms with E-state index in [1.807, 2.05) is 0 Å². The SMILES string of the molecule is O=C(O)C1=CC(c2cccc(Cl)c2)n2ncc(C(=O)Nc3cccc(F)c3)c2N1. The number of fused-ring (bicyclic) bond motifs is 1. The Morgan fingerprint density at radius 1 is 1.21 bits per heavy atom. The summed E-state index contributed by atoms with van der Waals surface area (Å²) in [4.78, 5) is 24.3. The van der Waals surface area contributed by atoms with Crippen LogP contribution in [0.25, 0.3) is 0 Å². The van der Waals surface area contributed by atoms with Crippen molar-refractivity contribution in [3.8, 4) is 0 Å². The first-order chi connectivity index (χ1) is 13.9. The van der Waals surface area contributed by atoms with Gasteiger partial charge in [0.2, 0.25) is 0 Å². The third-order valence-corrected chi connectivity index (χ3v) is 4.62. The van der Waals surface area contributed by atoms with Crippen LogP contribution in [-0.4, -0.2) is 26.8 Å². The molecule has 0 fully saturated rings. The fourth-order valence-corrected chi connectivity index (χ4v) is 3.28. The van der Waals surface area contributed by atoms with E-state index in [-0.39, 0.29) is 22.8 Å². The molecule has 1 unspecified atom stereocenters. The van der Waals surface area contributed by atoms with Gasteiger partial charge in [0.05, 0.1) is 12.2 Å². The largest absolute Gasteiger partial charge is 0.477 e. The van der Waals surface area contributed by atoms with Gasteiger partial charge in [0.25, 0.3) is 5.91 Å².